The van der Waals surface area contributed by atoms with E-state index in [0.29, 0.717) is 5.92 Å². The average Bonchev–Trinajstić information content (AvgIpc) is 2.93. The minimum atomic E-state index is -0.493. The Labute approximate surface area is 126 Å². The molecule has 0 bridgehead atoms. The molecule has 1 aliphatic rings. The normalized spacial score (nSPS) is 19.7. The predicted octanol–water partition coefficient (Wildman–Crippen LogP) is 4.40. The lowest BCUT2D eigenvalue weighted by Crippen LogP contribution is -2.39. The van der Waals surface area contributed by atoms with Gasteiger partial charge >= 0.3 is 0 Å². The van der Waals surface area contributed by atoms with Crippen molar-refractivity contribution in [1.82, 2.24) is 0 Å². The van der Waals surface area contributed by atoms with Crippen molar-refractivity contribution in [2.24, 2.45) is 10.9 Å². The number of aliphatic imine (C=N–C) groups is 1. The highest BCUT2D eigenvalue weighted by molar-refractivity contribution is 5.57. The molecule has 0 amide bonds. The third kappa shape index (κ3) is 2.46. The van der Waals surface area contributed by atoms with Gasteiger partial charge in [0.25, 0.3) is 0 Å². The van der Waals surface area contributed by atoms with Crippen LogP contribution in [-0.2, 0) is 10.3 Å². The highest BCUT2D eigenvalue weighted by Gasteiger charge is 2.46. The van der Waals surface area contributed by atoms with Crippen LogP contribution in [0.2, 0.25) is 0 Å². The fraction of sp³-hybridized carbons (Fsp3) is 0.316. The molecule has 1 aliphatic heterocycles. The Balaban J connectivity index is 2.12. The Hall–Kier alpha value is -2.09. The molecule has 0 aliphatic carbocycles. The van der Waals surface area contributed by atoms with E-state index in [1.54, 1.807) is 6.40 Å². The van der Waals surface area contributed by atoms with Crippen LogP contribution in [-0.4, -0.2) is 12.4 Å². The monoisotopic (exact) mass is 279 g/mol. The molecule has 0 radical (unpaired) electrons. The van der Waals surface area contributed by atoms with Crippen molar-refractivity contribution in [1.29, 1.82) is 0 Å². The van der Waals surface area contributed by atoms with Crippen LogP contribution < -0.4 is 0 Å². The molecule has 2 aromatic carbocycles. The standard InChI is InChI=1S/C19H21NO/c1-15(2)13-18-19(21-14-20-18,16-9-5-3-6-10-16)17-11-7-4-8-12-17/h3-12,14-15,18H,13H2,1-2H3. The van der Waals surface area contributed by atoms with Crippen molar-refractivity contribution in [3.63, 3.8) is 0 Å². The molecule has 1 heterocycles. The van der Waals surface area contributed by atoms with Gasteiger partial charge in [-0.1, -0.05) is 74.5 Å². The average molecular weight is 279 g/mol. The molecule has 0 aromatic heterocycles. The van der Waals surface area contributed by atoms with Crippen LogP contribution in [0.3, 0.4) is 0 Å². The second-order valence-corrected chi connectivity index (χ2v) is 5.99. The maximum absolute atomic E-state index is 6.13. The van der Waals surface area contributed by atoms with E-state index in [9.17, 15) is 0 Å². The number of nitrogens with zero attached hydrogens (tertiary/aromatic N) is 1. The maximum Gasteiger partial charge on any atom is 0.182 e. The Morgan fingerprint density at radius 3 is 1.95 bits per heavy atom. The SMILES string of the molecule is CC(C)CC1N=COC1(c1ccccc1)c1ccccc1. The number of hydrogen-bond acceptors (Lipinski definition) is 2. The Kier molecular flexibility index (Phi) is 3.78. The molecular formula is C19H21NO. The zero-order valence-electron chi connectivity index (χ0n) is 12.6. The lowest BCUT2D eigenvalue weighted by molar-refractivity contribution is 0.0957. The second kappa shape index (κ2) is 5.72. The molecule has 1 unspecified atom stereocenters. The van der Waals surface area contributed by atoms with Gasteiger partial charge < -0.3 is 4.74 Å². The Morgan fingerprint density at radius 1 is 0.952 bits per heavy atom. The third-order valence-corrected chi connectivity index (χ3v) is 4.05. The summed E-state index contributed by atoms with van der Waals surface area (Å²) in [7, 11) is 0. The Morgan fingerprint density at radius 2 is 1.48 bits per heavy atom. The van der Waals surface area contributed by atoms with E-state index in [1.165, 1.54) is 11.1 Å². The summed E-state index contributed by atoms with van der Waals surface area (Å²) in [5, 5.41) is 0. The van der Waals surface area contributed by atoms with Crippen LogP contribution in [0.5, 0.6) is 0 Å². The van der Waals surface area contributed by atoms with Gasteiger partial charge in [-0.25, -0.2) is 0 Å². The van der Waals surface area contributed by atoms with Crippen molar-refractivity contribution in [2.75, 3.05) is 0 Å². The van der Waals surface area contributed by atoms with E-state index < -0.39 is 5.60 Å². The molecule has 0 saturated carbocycles. The summed E-state index contributed by atoms with van der Waals surface area (Å²) >= 11 is 0. The lowest BCUT2D eigenvalue weighted by Gasteiger charge is -2.35. The van der Waals surface area contributed by atoms with Crippen LogP contribution in [0.4, 0.5) is 0 Å². The summed E-state index contributed by atoms with van der Waals surface area (Å²) in [4.78, 5) is 4.63. The minimum Gasteiger partial charge on any atom is -0.465 e. The summed E-state index contributed by atoms with van der Waals surface area (Å²) in [6, 6.07) is 21.0. The first-order valence-corrected chi connectivity index (χ1v) is 7.54. The van der Waals surface area contributed by atoms with Crippen molar-refractivity contribution in [2.45, 2.75) is 31.9 Å². The van der Waals surface area contributed by atoms with E-state index in [-0.39, 0.29) is 6.04 Å². The predicted molar refractivity (Wildman–Crippen MR) is 86.5 cm³/mol. The van der Waals surface area contributed by atoms with Gasteiger partial charge in [-0.2, -0.15) is 0 Å². The van der Waals surface area contributed by atoms with Gasteiger partial charge in [-0.05, 0) is 12.3 Å². The van der Waals surface area contributed by atoms with Crippen molar-refractivity contribution < 1.29 is 4.74 Å². The summed E-state index contributed by atoms with van der Waals surface area (Å²) in [6.45, 7) is 4.46. The molecule has 0 N–H and O–H groups in total. The molecule has 1 atom stereocenters. The molecule has 2 aromatic rings. The quantitative estimate of drug-likeness (QED) is 0.812. The minimum absolute atomic E-state index is 0.113. The molecular weight excluding hydrogens is 258 g/mol. The topological polar surface area (TPSA) is 21.6 Å². The number of ether oxygens (including phenoxy) is 1. The molecule has 108 valence electrons. The molecule has 0 fully saturated rings. The molecule has 2 nitrogen and oxygen atoms in total. The first-order chi connectivity index (χ1) is 10.2. The lowest BCUT2D eigenvalue weighted by atomic mass is 9.77. The summed E-state index contributed by atoms with van der Waals surface area (Å²) in [5.41, 5.74) is 1.84. The zero-order valence-corrected chi connectivity index (χ0v) is 12.6. The molecule has 0 spiro atoms. The van der Waals surface area contributed by atoms with Crippen LogP contribution in [0.15, 0.2) is 65.7 Å². The van der Waals surface area contributed by atoms with Crippen LogP contribution >= 0.6 is 0 Å². The van der Waals surface area contributed by atoms with Gasteiger partial charge in [0.15, 0.2) is 12.0 Å². The van der Waals surface area contributed by atoms with Crippen molar-refractivity contribution >= 4 is 6.40 Å². The van der Waals surface area contributed by atoms with Gasteiger partial charge in [0.05, 0.1) is 0 Å². The summed E-state index contributed by atoms with van der Waals surface area (Å²) in [5.74, 6) is 0.570. The van der Waals surface area contributed by atoms with Gasteiger partial charge in [0.1, 0.15) is 6.04 Å². The van der Waals surface area contributed by atoms with Crippen LogP contribution in [0, 0.1) is 5.92 Å². The number of rotatable bonds is 4. The van der Waals surface area contributed by atoms with Crippen molar-refractivity contribution in [3.8, 4) is 0 Å². The molecule has 3 rings (SSSR count). The summed E-state index contributed by atoms with van der Waals surface area (Å²) in [6.07, 6.45) is 2.63. The van der Waals surface area contributed by atoms with Gasteiger partial charge in [0, 0.05) is 11.1 Å². The fourth-order valence-corrected chi connectivity index (χ4v) is 3.10. The fourth-order valence-electron chi connectivity index (χ4n) is 3.10. The van der Waals surface area contributed by atoms with E-state index in [0.717, 1.165) is 6.42 Å². The zero-order chi connectivity index (χ0) is 14.7. The maximum atomic E-state index is 6.13. The smallest absolute Gasteiger partial charge is 0.182 e. The largest absolute Gasteiger partial charge is 0.465 e. The third-order valence-electron chi connectivity index (χ3n) is 4.05. The highest BCUT2D eigenvalue weighted by atomic mass is 16.5. The first kappa shape index (κ1) is 13.9. The Bertz CT molecular complexity index is 564. The second-order valence-electron chi connectivity index (χ2n) is 5.99. The van der Waals surface area contributed by atoms with Crippen LogP contribution in [0.1, 0.15) is 31.4 Å². The molecule has 21 heavy (non-hydrogen) atoms. The van der Waals surface area contributed by atoms with Gasteiger partial charge in [-0.15, -0.1) is 0 Å². The first-order valence-electron chi connectivity index (χ1n) is 7.54. The van der Waals surface area contributed by atoms with Crippen molar-refractivity contribution in [3.05, 3.63) is 71.8 Å². The van der Waals surface area contributed by atoms with E-state index in [4.69, 9.17) is 4.74 Å². The summed E-state index contributed by atoms with van der Waals surface area (Å²) < 4.78 is 6.13. The highest BCUT2D eigenvalue weighted by Crippen LogP contribution is 2.43. The molecule has 0 saturated heterocycles. The van der Waals surface area contributed by atoms with Gasteiger partial charge in [-0.3, -0.25) is 4.99 Å². The number of benzene rings is 2. The van der Waals surface area contributed by atoms with E-state index in [2.05, 4.69) is 67.4 Å². The van der Waals surface area contributed by atoms with E-state index >= 15 is 0 Å². The number of hydrogen-bond donors (Lipinski definition) is 0. The van der Waals surface area contributed by atoms with Crippen LogP contribution in [0.25, 0.3) is 0 Å². The van der Waals surface area contributed by atoms with Gasteiger partial charge in [0.2, 0.25) is 0 Å². The molecule has 2 heteroatoms. The van der Waals surface area contributed by atoms with E-state index in [1.807, 2.05) is 12.1 Å².